The van der Waals surface area contributed by atoms with E-state index in [4.69, 9.17) is 15.5 Å². The van der Waals surface area contributed by atoms with E-state index in [1.165, 1.54) is 7.05 Å². The minimum absolute atomic E-state index is 0.168. The van der Waals surface area contributed by atoms with Gasteiger partial charge in [0.25, 0.3) is 5.91 Å². The molecule has 2 aromatic heterocycles. The second-order valence-electron chi connectivity index (χ2n) is 3.83. The number of amides is 1. The van der Waals surface area contributed by atoms with Crippen LogP contribution in [0, 0.1) is 18.3 Å². The zero-order chi connectivity index (χ0) is 14.7. The van der Waals surface area contributed by atoms with Crippen LogP contribution >= 0.6 is 11.3 Å². The minimum atomic E-state index is -0.357. The smallest absolute Gasteiger partial charge is 0.256 e. The molecule has 0 atom stereocenters. The van der Waals surface area contributed by atoms with Gasteiger partial charge >= 0.3 is 0 Å². The van der Waals surface area contributed by atoms with Crippen LogP contribution in [0.2, 0.25) is 0 Å². The predicted molar refractivity (Wildman–Crippen MR) is 73.2 cm³/mol. The van der Waals surface area contributed by atoms with Gasteiger partial charge in [-0.1, -0.05) is 5.16 Å². The minimum Gasteiger partial charge on any atom is -0.396 e. The molecule has 2 aromatic rings. The van der Waals surface area contributed by atoms with E-state index in [0.29, 0.717) is 16.7 Å². The summed E-state index contributed by atoms with van der Waals surface area (Å²) < 4.78 is 4.96. The van der Waals surface area contributed by atoms with Gasteiger partial charge in [0.2, 0.25) is 5.89 Å². The standard InChI is InChI=1S/C11H12N6O2S/c1-5-16-7(19-17-5)4-15-11-8(10(18)14-2)9(13)6(3-12)20-11/h15H,4,13H2,1-2H3,(H,14,18). The molecule has 0 aliphatic heterocycles. The number of rotatable bonds is 4. The van der Waals surface area contributed by atoms with Gasteiger partial charge in [0.15, 0.2) is 5.82 Å². The summed E-state index contributed by atoms with van der Waals surface area (Å²) in [5.74, 6) is 0.553. The first-order chi connectivity index (χ1) is 9.56. The molecule has 104 valence electrons. The van der Waals surface area contributed by atoms with Gasteiger partial charge in [-0.3, -0.25) is 4.79 Å². The number of hydrogen-bond donors (Lipinski definition) is 3. The number of carbonyl (C=O) groups excluding carboxylic acids is 1. The Kier molecular flexibility index (Phi) is 3.86. The summed E-state index contributed by atoms with van der Waals surface area (Å²) in [6.07, 6.45) is 0. The highest BCUT2D eigenvalue weighted by molar-refractivity contribution is 7.17. The number of aryl methyl sites for hydroxylation is 1. The fourth-order valence-electron chi connectivity index (χ4n) is 1.57. The molecule has 2 heterocycles. The van der Waals surface area contributed by atoms with Gasteiger partial charge < -0.3 is 20.9 Å². The van der Waals surface area contributed by atoms with Crippen LogP contribution in [0.3, 0.4) is 0 Å². The van der Waals surface area contributed by atoms with Crippen molar-refractivity contribution in [2.45, 2.75) is 13.5 Å². The highest BCUT2D eigenvalue weighted by atomic mass is 32.1. The quantitative estimate of drug-likeness (QED) is 0.762. The number of aromatic nitrogens is 2. The van der Waals surface area contributed by atoms with Gasteiger partial charge in [-0.25, -0.2) is 0 Å². The van der Waals surface area contributed by atoms with Gasteiger partial charge in [0.1, 0.15) is 15.9 Å². The van der Waals surface area contributed by atoms with Crippen molar-refractivity contribution in [1.29, 1.82) is 5.26 Å². The van der Waals surface area contributed by atoms with Crippen LogP contribution < -0.4 is 16.4 Å². The molecule has 0 saturated heterocycles. The van der Waals surface area contributed by atoms with Crippen LogP contribution in [0.25, 0.3) is 0 Å². The maximum atomic E-state index is 11.8. The summed E-state index contributed by atoms with van der Waals surface area (Å²) in [7, 11) is 1.50. The van der Waals surface area contributed by atoms with E-state index in [1.807, 2.05) is 6.07 Å². The fraction of sp³-hybridized carbons (Fsp3) is 0.273. The summed E-state index contributed by atoms with van der Waals surface area (Å²) in [5.41, 5.74) is 6.22. The van der Waals surface area contributed by atoms with Crippen LogP contribution in [0.15, 0.2) is 4.52 Å². The molecular weight excluding hydrogens is 280 g/mol. The Bertz CT molecular complexity index is 684. The number of carbonyl (C=O) groups is 1. The Morgan fingerprint density at radius 1 is 1.60 bits per heavy atom. The molecule has 0 spiro atoms. The molecule has 0 fully saturated rings. The lowest BCUT2D eigenvalue weighted by atomic mass is 10.2. The van der Waals surface area contributed by atoms with Gasteiger partial charge in [0, 0.05) is 7.05 Å². The third-order valence-electron chi connectivity index (χ3n) is 2.47. The number of nitrogens with one attached hydrogen (secondary N) is 2. The molecule has 0 bridgehead atoms. The van der Waals surface area contributed by atoms with Crippen molar-refractivity contribution in [3.63, 3.8) is 0 Å². The lowest BCUT2D eigenvalue weighted by Crippen LogP contribution is -2.20. The maximum Gasteiger partial charge on any atom is 0.256 e. The van der Waals surface area contributed by atoms with E-state index >= 15 is 0 Å². The van der Waals surface area contributed by atoms with Crippen LogP contribution in [0.5, 0.6) is 0 Å². The number of nitriles is 1. The Balaban J connectivity index is 2.26. The average Bonchev–Trinajstić information content (AvgIpc) is 2.99. The van der Waals surface area contributed by atoms with Crippen molar-refractivity contribution >= 4 is 27.9 Å². The molecule has 0 unspecified atom stereocenters. The Labute approximate surface area is 118 Å². The SMILES string of the molecule is CNC(=O)c1c(NCc2nc(C)no2)sc(C#N)c1N. The molecule has 8 nitrogen and oxygen atoms in total. The van der Waals surface area contributed by atoms with Gasteiger partial charge in [0.05, 0.1) is 17.8 Å². The lowest BCUT2D eigenvalue weighted by Gasteiger charge is -2.04. The van der Waals surface area contributed by atoms with E-state index in [9.17, 15) is 4.79 Å². The number of anilines is 2. The maximum absolute atomic E-state index is 11.8. The lowest BCUT2D eigenvalue weighted by molar-refractivity contribution is 0.0965. The summed E-state index contributed by atoms with van der Waals surface area (Å²) in [5, 5.41) is 18.6. The fourth-order valence-corrected chi connectivity index (χ4v) is 2.48. The Morgan fingerprint density at radius 3 is 2.90 bits per heavy atom. The van der Waals surface area contributed by atoms with Crippen molar-refractivity contribution in [3.8, 4) is 6.07 Å². The van der Waals surface area contributed by atoms with E-state index in [1.54, 1.807) is 6.92 Å². The molecule has 0 aliphatic rings. The molecule has 0 radical (unpaired) electrons. The highest BCUT2D eigenvalue weighted by Gasteiger charge is 2.21. The molecule has 0 aliphatic carbocycles. The number of nitrogen functional groups attached to an aromatic ring is 1. The van der Waals surface area contributed by atoms with Crippen LogP contribution in [0.1, 0.15) is 27.0 Å². The summed E-state index contributed by atoms with van der Waals surface area (Å²) in [4.78, 5) is 16.1. The molecule has 0 aromatic carbocycles. The highest BCUT2D eigenvalue weighted by Crippen LogP contribution is 2.35. The Morgan fingerprint density at radius 2 is 2.35 bits per heavy atom. The van der Waals surface area contributed by atoms with Crippen LogP contribution in [-0.2, 0) is 6.54 Å². The van der Waals surface area contributed by atoms with Crippen LogP contribution in [-0.4, -0.2) is 23.1 Å². The number of nitrogens with two attached hydrogens (primary N) is 1. The number of hydrogen-bond acceptors (Lipinski definition) is 8. The molecule has 2 rings (SSSR count). The average molecular weight is 292 g/mol. The zero-order valence-corrected chi connectivity index (χ0v) is 11.7. The molecule has 9 heteroatoms. The monoisotopic (exact) mass is 292 g/mol. The van der Waals surface area contributed by atoms with Crippen LogP contribution in [0.4, 0.5) is 10.7 Å². The molecule has 20 heavy (non-hydrogen) atoms. The van der Waals surface area contributed by atoms with E-state index in [-0.39, 0.29) is 28.6 Å². The topological polar surface area (TPSA) is 130 Å². The van der Waals surface area contributed by atoms with E-state index in [0.717, 1.165) is 11.3 Å². The molecule has 1 amide bonds. The summed E-state index contributed by atoms with van der Waals surface area (Å²) in [6.45, 7) is 1.95. The first kappa shape index (κ1) is 13.8. The number of nitrogens with zero attached hydrogens (tertiary/aromatic N) is 3. The van der Waals surface area contributed by atoms with Crippen molar-refractivity contribution in [3.05, 3.63) is 22.2 Å². The predicted octanol–water partition coefficient (Wildman–Crippen LogP) is 0.865. The van der Waals surface area contributed by atoms with E-state index < -0.39 is 0 Å². The summed E-state index contributed by atoms with van der Waals surface area (Å²) in [6, 6.07) is 1.96. The normalized spacial score (nSPS) is 10.1. The van der Waals surface area contributed by atoms with Gasteiger partial charge in [-0.15, -0.1) is 11.3 Å². The third kappa shape index (κ3) is 2.55. The first-order valence-electron chi connectivity index (χ1n) is 5.64. The van der Waals surface area contributed by atoms with Gasteiger partial charge in [-0.05, 0) is 6.92 Å². The van der Waals surface area contributed by atoms with Crippen molar-refractivity contribution in [2.24, 2.45) is 0 Å². The second kappa shape index (κ2) is 5.58. The van der Waals surface area contributed by atoms with Gasteiger partial charge in [-0.2, -0.15) is 10.2 Å². The summed E-state index contributed by atoms with van der Waals surface area (Å²) >= 11 is 1.11. The van der Waals surface area contributed by atoms with Crippen molar-refractivity contribution in [2.75, 3.05) is 18.1 Å². The largest absolute Gasteiger partial charge is 0.396 e. The Hall–Kier alpha value is -2.60. The molecule has 0 saturated carbocycles. The zero-order valence-electron chi connectivity index (χ0n) is 10.9. The van der Waals surface area contributed by atoms with E-state index in [2.05, 4.69) is 20.8 Å². The second-order valence-corrected chi connectivity index (χ2v) is 4.85. The van der Waals surface area contributed by atoms with Crippen molar-refractivity contribution in [1.82, 2.24) is 15.5 Å². The number of thiophene rings is 1. The third-order valence-corrected chi connectivity index (χ3v) is 3.54. The first-order valence-corrected chi connectivity index (χ1v) is 6.46. The molecular formula is C11H12N6O2S. The van der Waals surface area contributed by atoms with Crippen molar-refractivity contribution < 1.29 is 9.32 Å². The molecule has 4 N–H and O–H groups in total.